The van der Waals surface area contributed by atoms with E-state index in [1.807, 2.05) is 60.5 Å². The molecule has 0 spiro atoms. The zero-order chi connectivity index (χ0) is 68.1. The maximum atomic E-state index is 14.6. The number of nitrogens with one attached hydrogen (secondary N) is 6. The molecular weight excluding hydrogens is 1200 g/mol. The molecule has 6 N–H and O–H groups in total. The van der Waals surface area contributed by atoms with Crippen molar-refractivity contribution in [3.8, 4) is 5.75 Å². The molecule has 0 radical (unpaired) electrons. The molecule has 3 aliphatic rings. The van der Waals surface area contributed by atoms with E-state index >= 15 is 0 Å². The monoisotopic (exact) mass is 1310 g/mol. The van der Waals surface area contributed by atoms with E-state index < -0.39 is 93.3 Å². The van der Waals surface area contributed by atoms with E-state index in [0.717, 1.165) is 5.56 Å². The smallest absolute Gasteiger partial charge is 0.256 e. The number of anilines is 1. The summed E-state index contributed by atoms with van der Waals surface area (Å²) in [7, 11) is 4.33. The zero-order valence-electron chi connectivity index (χ0n) is 56.5. The number of piperidine rings is 1. The fraction of sp³-hybridized carbons (Fsp3) is 0.682. The number of carbonyl (C=O) groups is 9. The summed E-state index contributed by atoms with van der Waals surface area (Å²) in [6, 6.07) is 9.21. The highest BCUT2D eigenvalue weighted by atomic mass is 32.2. The third-order valence-corrected chi connectivity index (χ3v) is 19.8. The first-order valence-corrected chi connectivity index (χ1v) is 34.0. The number of hydrogen-bond donors (Lipinski definition) is 6. The average molecular weight is 1310 g/mol. The summed E-state index contributed by atoms with van der Waals surface area (Å²) in [5, 5.41) is 10.5. The molecule has 0 bridgehead atoms. The molecule has 5 rings (SSSR count). The van der Waals surface area contributed by atoms with Crippen molar-refractivity contribution in [1.29, 1.82) is 0 Å². The summed E-state index contributed by atoms with van der Waals surface area (Å²) >= 11 is 0. The Morgan fingerprint density at radius 2 is 1.35 bits per heavy atom. The fourth-order valence-electron chi connectivity index (χ4n) is 12.2. The molecule has 10 unspecified atom stereocenters. The minimum Gasteiger partial charge on any atom is -0.492 e. The van der Waals surface area contributed by atoms with E-state index in [2.05, 4.69) is 31.5 Å². The molecule has 2 heterocycles. The van der Waals surface area contributed by atoms with Gasteiger partial charge in [0.15, 0.2) is 0 Å². The van der Waals surface area contributed by atoms with Gasteiger partial charge in [-0.25, -0.2) is 8.42 Å². The minimum atomic E-state index is -3.99. The van der Waals surface area contributed by atoms with Crippen molar-refractivity contribution < 1.29 is 70.6 Å². The molecule has 1 aliphatic carbocycles. The number of benzene rings is 2. The second-order valence-corrected chi connectivity index (χ2v) is 27.8. The second-order valence-electron chi connectivity index (χ2n) is 25.9. The van der Waals surface area contributed by atoms with Gasteiger partial charge in [-0.15, -0.1) is 0 Å². The summed E-state index contributed by atoms with van der Waals surface area (Å²) in [6.45, 7) is 18.5. The van der Waals surface area contributed by atoms with Gasteiger partial charge in [-0.1, -0.05) is 79.2 Å². The van der Waals surface area contributed by atoms with Crippen LogP contribution in [0.5, 0.6) is 5.75 Å². The van der Waals surface area contributed by atoms with E-state index in [-0.39, 0.29) is 92.0 Å². The maximum absolute atomic E-state index is 14.6. The van der Waals surface area contributed by atoms with E-state index in [0.29, 0.717) is 88.1 Å². The molecular formula is C66H104N10O15S. The lowest BCUT2D eigenvalue weighted by Crippen LogP contribution is -2.59. The quantitative estimate of drug-likeness (QED) is 0.0409. The van der Waals surface area contributed by atoms with Crippen LogP contribution < -0.4 is 36.2 Å². The van der Waals surface area contributed by atoms with E-state index in [1.54, 1.807) is 91.0 Å². The molecule has 26 heteroatoms. The summed E-state index contributed by atoms with van der Waals surface area (Å²) in [5.74, 6) is -3.97. The largest absolute Gasteiger partial charge is 0.492 e. The summed E-state index contributed by atoms with van der Waals surface area (Å²) < 4.78 is 46.3. The summed E-state index contributed by atoms with van der Waals surface area (Å²) in [5.41, 5.74) is 4.77. The normalized spacial score (nSPS) is 18.4. The van der Waals surface area contributed by atoms with Crippen LogP contribution >= 0.6 is 0 Å². The van der Waals surface area contributed by atoms with Crippen LogP contribution in [-0.4, -0.2) is 203 Å². The third-order valence-electron chi connectivity index (χ3n) is 17.9. The Kier molecular flexibility index (Phi) is 29.9. The molecule has 3 fully saturated rings. The van der Waals surface area contributed by atoms with Crippen molar-refractivity contribution in [2.45, 2.75) is 193 Å². The summed E-state index contributed by atoms with van der Waals surface area (Å²) in [6.07, 6.45) is 2.10. The van der Waals surface area contributed by atoms with Crippen molar-refractivity contribution in [3.05, 3.63) is 59.7 Å². The number of hydrogen-bond acceptors (Lipinski definition) is 17. The van der Waals surface area contributed by atoms with Gasteiger partial charge >= 0.3 is 0 Å². The number of likely N-dealkylation sites (N-methyl/N-ethyl adjacent to an activating group) is 2. The Balaban J connectivity index is 1.12. The second kappa shape index (κ2) is 36.2. The topological polar surface area (TPSA) is 310 Å². The fourth-order valence-corrected chi connectivity index (χ4v) is 13.5. The molecule has 2 aliphatic heterocycles. The highest BCUT2D eigenvalue weighted by molar-refractivity contribution is 7.90. The number of carbonyl (C=O) groups excluding carboxylic acids is 9. The molecule has 2 aromatic carbocycles. The Morgan fingerprint density at radius 3 is 1.91 bits per heavy atom. The average Bonchev–Trinajstić information content (AvgIpc) is 1.51. The number of methoxy groups -OCH3 is 2. The molecule has 0 aromatic heterocycles. The predicted octanol–water partition coefficient (Wildman–Crippen LogP) is 4.12. The van der Waals surface area contributed by atoms with Crippen molar-refractivity contribution in [2.24, 2.45) is 29.6 Å². The van der Waals surface area contributed by atoms with Crippen LogP contribution in [0.2, 0.25) is 0 Å². The first kappa shape index (κ1) is 76.1. The number of rotatable bonds is 37. The molecule has 10 atom stereocenters. The molecule has 25 nitrogen and oxygen atoms in total. The number of ketones is 1. The SMILES string of the molecule is CCC(C)C(C(CC(=O)N1CCCC1C(OC)C(C)C(=O)NC(Cc1ccc(OCCNOCc2ccc(NC(=O)C(C)NC(=O)CCC(=O)N3CCC(C(C)=O)CC3)cc2)cc1)C(=O)NS(=O)(=O)C1CC1)OC)N(C)C(=O)C(NC(=O)C(C(C)C)N(C)C)C(C)C. The van der Waals surface area contributed by atoms with E-state index in [1.165, 1.54) is 14.2 Å². The Labute approximate surface area is 544 Å². The van der Waals surface area contributed by atoms with Crippen molar-refractivity contribution in [2.75, 3.05) is 73.5 Å². The van der Waals surface area contributed by atoms with Crippen LogP contribution in [0.4, 0.5) is 5.69 Å². The van der Waals surface area contributed by atoms with Crippen LogP contribution in [0, 0.1) is 29.6 Å². The van der Waals surface area contributed by atoms with Gasteiger partial charge in [0.1, 0.15) is 36.3 Å². The van der Waals surface area contributed by atoms with Gasteiger partial charge in [0.05, 0.1) is 61.1 Å². The van der Waals surface area contributed by atoms with Crippen molar-refractivity contribution >= 4 is 68.8 Å². The first-order valence-electron chi connectivity index (χ1n) is 32.5. The standard InChI is InChI=1S/C66H104N10O15S/c1-15-42(6)60(74(12)66(85)58(40(2)3)71-65(84)59(41(4)5)73(10)11)54(88-13)38-57(80)76-33-16-17-53(76)61(89-14)43(7)62(81)70-52(64(83)72-92(86,87)51-26-27-51)37-46-20-24-50(25-21-46)90-36-32-67-91-39-47-18-22-49(23-19-47)69-63(82)44(8)68-55(78)28-29-56(79)75-34-30-48(31-35-75)45(9)77/h18-25,40-44,48,51-54,58-61,67H,15-17,26-39H2,1-14H3,(H,68,78)(H,69,82)(H,70,81)(H,71,84)(H,72,83). The lowest BCUT2D eigenvalue weighted by molar-refractivity contribution is -0.148. The van der Waals surface area contributed by atoms with Crippen LogP contribution in [0.25, 0.3) is 0 Å². The first-order chi connectivity index (χ1) is 43.5. The number of hydroxylamine groups is 1. The summed E-state index contributed by atoms with van der Waals surface area (Å²) in [4.78, 5) is 133. The third kappa shape index (κ3) is 22.3. The minimum absolute atomic E-state index is 0.00890. The van der Waals surface area contributed by atoms with Crippen molar-refractivity contribution in [3.63, 3.8) is 0 Å². The van der Waals surface area contributed by atoms with Crippen LogP contribution in [0.3, 0.4) is 0 Å². The van der Waals surface area contributed by atoms with Crippen LogP contribution in [0.15, 0.2) is 48.5 Å². The van der Waals surface area contributed by atoms with Gasteiger partial charge < -0.3 is 50.2 Å². The van der Waals surface area contributed by atoms with Gasteiger partial charge in [-0.3, -0.25) is 57.6 Å². The number of amides is 8. The van der Waals surface area contributed by atoms with Crippen molar-refractivity contribution in [1.82, 2.24) is 45.8 Å². The number of sulfonamides is 1. The molecule has 92 heavy (non-hydrogen) atoms. The van der Waals surface area contributed by atoms with E-state index in [9.17, 15) is 51.6 Å². The number of likely N-dealkylation sites (tertiary alicyclic amines) is 2. The van der Waals surface area contributed by atoms with Crippen LogP contribution in [0.1, 0.15) is 138 Å². The van der Waals surface area contributed by atoms with Gasteiger partial charge in [-0.05, 0) is 120 Å². The molecule has 8 amide bonds. The molecule has 2 aromatic rings. The molecule has 1 saturated carbocycles. The Morgan fingerprint density at radius 1 is 0.707 bits per heavy atom. The number of Topliss-reactive ketones (excluding diaryl/α,β-unsaturated/α-hetero) is 1. The van der Waals surface area contributed by atoms with E-state index in [4.69, 9.17) is 19.0 Å². The lowest BCUT2D eigenvalue weighted by Gasteiger charge is -2.41. The Hall–Kier alpha value is -6.58. The number of ether oxygens (including phenoxy) is 3. The number of nitrogens with zero attached hydrogens (tertiary/aromatic N) is 4. The van der Waals surface area contributed by atoms with Gasteiger partial charge in [0.25, 0.3) is 5.91 Å². The van der Waals surface area contributed by atoms with Gasteiger partial charge in [0, 0.05) is 71.8 Å². The molecule has 2 saturated heterocycles. The van der Waals surface area contributed by atoms with Gasteiger partial charge in [-0.2, -0.15) is 5.48 Å². The zero-order valence-corrected chi connectivity index (χ0v) is 57.4. The highest BCUT2D eigenvalue weighted by Crippen LogP contribution is 2.31. The maximum Gasteiger partial charge on any atom is 0.256 e. The van der Waals surface area contributed by atoms with Crippen LogP contribution in [-0.2, 0) is 80.5 Å². The Bertz CT molecular complexity index is 2890. The predicted molar refractivity (Wildman–Crippen MR) is 348 cm³/mol. The highest BCUT2D eigenvalue weighted by Gasteiger charge is 2.45. The van der Waals surface area contributed by atoms with Gasteiger partial charge in [0.2, 0.25) is 51.4 Å². The molecule has 514 valence electrons. The lowest BCUT2D eigenvalue weighted by atomic mass is 9.89.